The van der Waals surface area contributed by atoms with Gasteiger partial charge in [0.15, 0.2) is 0 Å². The Labute approximate surface area is 146 Å². The third-order valence-corrected chi connectivity index (χ3v) is 4.00. The van der Waals surface area contributed by atoms with E-state index < -0.39 is 6.04 Å². The molecule has 25 heavy (non-hydrogen) atoms. The standard InChI is InChI=1S/C19H23FN4O/c1-12(22)16-10-14(7-6-13(16)11-21)24-19(25)9-8-18(23)15-4-2-3-5-17(15)20/h2-7,10,18,22H,8-9,11,21,23H2,1H3,(H,24,25). The van der Waals surface area contributed by atoms with Crippen LogP contribution >= 0.6 is 0 Å². The van der Waals surface area contributed by atoms with Crippen molar-refractivity contribution in [3.8, 4) is 0 Å². The number of hydrogen-bond acceptors (Lipinski definition) is 4. The first-order chi connectivity index (χ1) is 11.9. The van der Waals surface area contributed by atoms with Crippen molar-refractivity contribution in [2.45, 2.75) is 32.4 Å². The molecule has 6 N–H and O–H groups in total. The van der Waals surface area contributed by atoms with Crippen LogP contribution in [0.3, 0.4) is 0 Å². The molecule has 0 aromatic heterocycles. The number of benzene rings is 2. The Bertz CT molecular complexity index is 776. The zero-order chi connectivity index (χ0) is 18.4. The number of hydrogen-bond donors (Lipinski definition) is 4. The summed E-state index contributed by atoms with van der Waals surface area (Å²) in [5, 5.41) is 10.6. The predicted molar refractivity (Wildman–Crippen MR) is 98.0 cm³/mol. The fraction of sp³-hybridized carbons (Fsp3) is 0.263. The lowest BCUT2D eigenvalue weighted by Crippen LogP contribution is -2.18. The predicted octanol–water partition coefficient (Wildman–Crippen LogP) is 3.09. The highest BCUT2D eigenvalue weighted by molar-refractivity contribution is 5.99. The van der Waals surface area contributed by atoms with Crippen molar-refractivity contribution >= 4 is 17.3 Å². The summed E-state index contributed by atoms with van der Waals surface area (Å²) in [5.41, 5.74) is 14.6. The zero-order valence-corrected chi connectivity index (χ0v) is 14.2. The quantitative estimate of drug-likeness (QED) is 0.581. The van der Waals surface area contributed by atoms with Crippen LogP contribution in [0.1, 0.15) is 42.5 Å². The summed E-state index contributed by atoms with van der Waals surface area (Å²) >= 11 is 0. The van der Waals surface area contributed by atoms with Crippen LogP contribution in [0.15, 0.2) is 42.5 Å². The highest BCUT2D eigenvalue weighted by Gasteiger charge is 2.13. The number of halogens is 1. The highest BCUT2D eigenvalue weighted by Crippen LogP contribution is 2.20. The minimum atomic E-state index is -0.536. The first-order valence-corrected chi connectivity index (χ1v) is 8.10. The Hall–Kier alpha value is -2.57. The molecule has 6 heteroatoms. The molecule has 0 saturated carbocycles. The van der Waals surface area contributed by atoms with Crippen LogP contribution in [0.25, 0.3) is 0 Å². The second-order valence-corrected chi connectivity index (χ2v) is 5.92. The molecule has 0 spiro atoms. The second-order valence-electron chi connectivity index (χ2n) is 5.92. The Morgan fingerprint density at radius 2 is 2.00 bits per heavy atom. The SMILES string of the molecule is CC(=N)c1cc(NC(=O)CCC(N)c2ccccc2F)ccc1CN. The molecule has 2 aromatic rings. The van der Waals surface area contributed by atoms with Crippen LogP contribution in [0.4, 0.5) is 10.1 Å². The summed E-state index contributed by atoms with van der Waals surface area (Å²) in [4.78, 5) is 12.1. The van der Waals surface area contributed by atoms with Gasteiger partial charge in [0.05, 0.1) is 0 Å². The van der Waals surface area contributed by atoms with Crippen LogP contribution in [0.2, 0.25) is 0 Å². The van der Waals surface area contributed by atoms with Gasteiger partial charge in [-0.25, -0.2) is 4.39 Å². The van der Waals surface area contributed by atoms with Crippen LogP contribution in [-0.4, -0.2) is 11.6 Å². The summed E-state index contributed by atoms with van der Waals surface area (Å²) in [6.45, 7) is 2.00. The minimum Gasteiger partial charge on any atom is -0.326 e. The molecule has 2 aromatic carbocycles. The van der Waals surface area contributed by atoms with Gasteiger partial charge in [-0.1, -0.05) is 24.3 Å². The van der Waals surface area contributed by atoms with Gasteiger partial charge in [-0.2, -0.15) is 0 Å². The van der Waals surface area contributed by atoms with Gasteiger partial charge in [-0.15, -0.1) is 0 Å². The molecule has 1 unspecified atom stereocenters. The highest BCUT2D eigenvalue weighted by atomic mass is 19.1. The lowest BCUT2D eigenvalue weighted by molar-refractivity contribution is -0.116. The first kappa shape index (κ1) is 18.8. The number of nitrogens with two attached hydrogens (primary N) is 2. The van der Waals surface area contributed by atoms with Gasteiger partial charge in [-0.05, 0) is 37.1 Å². The van der Waals surface area contributed by atoms with Crippen molar-refractivity contribution in [2.75, 3.05) is 5.32 Å². The van der Waals surface area contributed by atoms with Gasteiger partial charge in [0.1, 0.15) is 5.82 Å². The van der Waals surface area contributed by atoms with E-state index in [1.165, 1.54) is 6.07 Å². The average molecular weight is 342 g/mol. The van der Waals surface area contributed by atoms with E-state index in [0.29, 0.717) is 35.5 Å². The van der Waals surface area contributed by atoms with Crippen molar-refractivity contribution in [2.24, 2.45) is 11.5 Å². The molecule has 0 radical (unpaired) electrons. The lowest BCUT2D eigenvalue weighted by atomic mass is 10.0. The normalized spacial score (nSPS) is 11.8. The summed E-state index contributed by atoms with van der Waals surface area (Å²) in [6, 6.07) is 11.1. The van der Waals surface area contributed by atoms with E-state index in [0.717, 1.165) is 5.56 Å². The molecule has 1 amide bonds. The number of carbonyl (C=O) groups excluding carboxylic acids is 1. The topological polar surface area (TPSA) is 105 Å². The lowest BCUT2D eigenvalue weighted by Gasteiger charge is -2.14. The molecular weight excluding hydrogens is 319 g/mol. The molecule has 0 aliphatic heterocycles. The molecular formula is C19H23FN4O. The molecule has 0 fully saturated rings. The fourth-order valence-electron chi connectivity index (χ4n) is 2.62. The molecule has 132 valence electrons. The molecule has 0 aliphatic rings. The van der Waals surface area contributed by atoms with Crippen LogP contribution < -0.4 is 16.8 Å². The third kappa shape index (κ3) is 4.95. The van der Waals surface area contributed by atoms with E-state index >= 15 is 0 Å². The van der Waals surface area contributed by atoms with Crippen molar-refractivity contribution < 1.29 is 9.18 Å². The van der Waals surface area contributed by atoms with Crippen molar-refractivity contribution in [1.29, 1.82) is 5.41 Å². The summed E-state index contributed by atoms with van der Waals surface area (Å²) in [7, 11) is 0. The zero-order valence-electron chi connectivity index (χ0n) is 14.2. The van der Waals surface area contributed by atoms with E-state index in [-0.39, 0.29) is 18.1 Å². The molecule has 5 nitrogen and oxygen atoms in total. The average Bonchev–Trinajstić information content (AvgIpc) is 2.60. The Morgan fingerprint density at radius 1 is 1.28 bits per heavy atom. The van der Waals surface area contributed by atoms with E-state index in [9.17, 15) is 9.18 Å². The molecule has 0 heterocycles. The maximum atomic E-state index is 13.7. The largest absolute Gasteiger partial charge is 0.326 e. The first-order valence-electron chi connectivity index (χ1n) is 8.10. The van der Waals surface area contributed by atoms with Crippen LogP contribution in [0.5, 0.6) is 0 Å². The number of nitrogens with one attached hydrogen (secondary N) is 2. The van der Waals surface area contributed by atoms with E-state index in [4.69, 9.17) is 16.9 Å². The Morgan fingerprint density at radius 3 is 2.64 bits per heavy atom. The maximum Gasteiger partial charge on any atom is 0.224 e. The van der Waals surface area contributed by atoms with Gasteiger partial charge >= 0.3 is 0 Å². The fourth-order valence-corrected chi connectivity index (χ4v) is 2.62. The molecule has 1 atom stereocenters. The molecule has 0 aliphatic carbocycles. The second kappa shape index (κ2) is 8.50. The van der Waals surface area contributed by atoms with Crippen molar-refractivity contribution in [3.05, 3.63) is 65.0 Å². The maximum absolute atomic E-state index is 13.7. The third-order valence-electron chi connectivity index (χ3n) is 4.00. The number of anilines is 1. The minimum absolute atomic E-state index is 0.174. The number of amides is 1. The monoisotopic (exact) mass is 342 g/mol. The summed E-state index contributed by atoms with van der Waals surface area (Å²) in [5.74, 6) is -0.570. The van der Waals surface area contributed by atoms with Gasteiger partial charge in [0, 0.05) is 41.5 Å². The number of carbonyl (C=O) groups is 1. The van der Waals surface area contributed by atoms with Gasteiger partial charge in [0.2, 0.25) is 5.91 Å². The van der Waals surface area contributed by atoms with E-state index in [1.807, 2.05) is 0 Å². The molecule has 0 saturated heterocycles. The van der Waals surface area contributed by atoms with Gasteiger partial charge in [-0.3, -0.25) is 4.79 Å². The van der Waals surface area contributed by atoms with E-state index in [1.54, 1.807) is 43.3 Å². The molecule has 2 rings (SSSR count). The van der Waals surface area contributed by atoms with Crippen LogP contribution in [0, 0.1) is 11.2 Å². The Kier molecular flexibility index (Phi) is 6.38. The number of rotatable bonds is 7. The summed E-state index contributed by atoms with van der Waals surface area (Å²) < 4.78 is 13.7. The molecule has 0 bridgehead atoms. The smallest absolute Gasteiger partial charge is 0.224 e. The van der Waals surface area contributed by atoms with Gasteiger partial charge in [0.25, 0.3) is 0 Å². The Balaban J connectivity index is 1.97. The van der Waals surface area contributed by atoms with Crippen molar-refractivity contribution in [3.63, 3.8) is 0 Å². The van der Waals surface area contributed by atoms with E-state index in [2.05, 4.69) is 5.32 Å². The summed E-state index contributed by atoms with van der Waals surface area (Å²) in [6.07, 6.45) is 0.511. The van der Waals surface area contributed by atoms with Crippen LogP contribution in [-0.2, 0) is 11.3 Å². The van der Waals surface area contributed by atoms with Crippen molar-refractivity contribution in [1.82, 2.24) is 0 Å². The van der Waals surface area contributed by atoms with Gasteiger partial charge < -0.3 is 22.2 Å².